The molecule has 150 valence electrons. The summed E-state index contributed by atoms with van der Waals surface area (Å²) in [6.07, 6.45) is 1.25. The Labute approximate surface area is 179 Å². The van der Waals surface area contributed by atoms with E-state index in [1.165, 1.54) is 12.4 Å². The van der Waals surface area contributed by atoms with Gasteiger partial charge in [-0.15, -0.1) is 0 Å². The van der Waals surface area contributed by atoms with Crippen LogP contribution in [0.4, 0.5) is 27.4 Å². The van der Waals surface area contributed by atoms with E-state index >= 15 is 0 Å². The standard InChI is InChI=1S/C21H16BrFN6O/c22-13-8-9-17(16(23)10-13)27-19-18(24)20(26-11-25-19)28-29-21(30)15-7-3-5-12-4-1-2-6-14(12)15/h1-11H,24H2,(H,29,30)(H2,25,26,27,28). The third-order valence-corrected chi connectivity index (χ3v) is 4.89. The average molecular weight is 467 g/mol. The highest BCUT2D eigenvalue weighted by Gasteiger charge is 2.13. The van der Waals surface area contributed by atoms with Gasteiger partial charge in [-0.1, -0.05) is 52.3 Å². The van der Waals surface area contributed by atoms with Crippen molar-refractivity contribution in [2.24, 2.45) is 0 Å². The first-order valence-corrected chi connectivity index (χ1v) is 9.69. The number of carbonyl (C=O) groups is 1. The molecule has 1 heterocycles. The van der Waals surface area contributed by atoms with Crippen molar-refractivity contribution in [3.8, 4) is 0 Å². The van der Waals surface area contributed by atoms with Crippen LogP contribution >= 0.6 is 15.9 Å². The molecule has 7 nitrogen and oxygen atoms in total. The Kier molecular flexibility index (Phi) is 5.44. The van der Waals surface area contributed by atoms with E-state index in [9.17, 15) is 9.18 Å². The van der Waals surface area contributed by atoms with Crippen LogP contribution in [0, 0.1) is 5.82 Å². The van der Waals surface area contributed by atoms with E-state index in [4.69, 9.17) is 5.73 Å². The summed E-state index contributed by atoms with van der Waals surface area (Å²) in [6.45, 7) is 0. The smallest absolute Gasteiger partial charge is 0.270 e. The van der Waals surface area contributed by atoms with Gasteiger partial charge in [-0.05, 0) is 35.0 Å². The van der Waals surface area contributed by atoms with E-state index < -0.39 is 5.82 Å². The predicted molar refractivity (Wildman–Crippen MR) is 119 cm³/mol. The molecule has 0 aliphatic rings. The van der Waals surface area contributed by atoms with Crippen molar-refractivity contribution in [2.45, 2.75) is 0 Å². The maximum Gasteiger partial charge on any atom is 0.270 e. The van der Waals surface area contributed by atoms with Crippen molar-refractivity contribution in [1.29, 1.82) is 0 Å². The molecule has 0 unspecified atom stereocenters. The second kappa shape index (κ2) is 8.34. The van der Waals surface area contributed by atoms with Crippen LogP contribution in [0.1, 0.15) is 10.4 Å². The number of nitrogen functional groups attached to an aromatic ring is 1. The van der Waals surface area contributed by atoms with Crippen LogP contribution in [0.15, 0.2) is 71.5 Å². The maximum absolute atomic E-state index is 14.1. The third-order valence-electron chi connectivity index (χ3n) is 4.40. The minimum Gasteiger partial charge on any atom is -0.393 e. The second-order valence-corrected chi connectivity index (χ2v) is 7.26. The van der Waals surface area contributed by atoms with Gasteiger partial charge in [-0.25, -0.2) is 14.4 Å². The molecule has 0 fully saturated rings. The Balaban J connectivity index is 1.52. The highest BCUT2D eigenvalue weighted by molar-refractivity contribution is 9.10. The Bertz CT molecular complexity index is 1240. The molecule has 3 aromatic carbocycles. The molecular weight excluding hydrogens is 451 g/mol. The van der Waals surface area contributed by atoms with E-state index in [0.717, 1.165) is 10.8 Å². The van der Waals surface area contributed by atoms with Crippen LogP contribution in [-0.4, -0.2) is 15.9 Å². The Hall–Kier alpha value is -3.72. The molecule has 5 N–H and O–H groups in total. The summed E-state index contributed by atoms with van der Waals surface area (Å²) in [5, 5.41) is 4.60. The van der Waals surface area contributed by atoms with Crippen molar-refractivity contribution >= 4 is 55.6 Å². The number of aromatic nitrogens is 2. The van der Waals surface area contributed by atoms with Crippen LogP contribution in [0.5, 0.6) is 0 Å². The molecule has 0 aliphatic carbocycles. The number of amides is 1. The van der Waals surface area contributed by atoms with E-state index in [1.54, 1.807) is 18.2 Å². The summed E-state index contributed by atoms with van der Waals surface area (Å²) < 4.78 is 14.7. The second-order valence-electron chi connectivity index (χ2n) is 6.34. The molecule has 30 heavy (non-hydrogen) atoms. The van der Waals surface area contributed by atoms with E-state index in [-0.39, 0.29) is 28.9 Å². The largest absolute Gasteiger partial charge is 0.393 e. The number of hydrogen-bond acceptors (Lipinski definition) is 6. The Morgan fingerprint density at radius 3 is 2.60 bits per heavy atom. The number of nitrogens with zero attached hydrogens (tertiary/aromatic N) is 2. The fraction of sp³-hybridized carbons (Fsp3) is 0. The van der Waals surface area contributed by atoms with Gasteiger partial charge in [0.1, 0.15) is 17.8 Å². The summed E-state index contributed by atoms with van der Waals surface area (Å²) in [6, 6.07) is 17.6. The SMILES string of the molecule is Nc1c(NNC(=O)c2cccc3ccccc23)ncnc1Nc1ccc(Br)cc1F. The van der Waals surface area contributed by atoms with Crippen molar-refractivity contribution < 1.29 is 9.18 Å². The lowest BCUT2D eigenvalue weighted by Gasteiger charge is -2.14. The number of rotatable bonds is 5. The number of hydrazine groups is 1. The number of nitrogens with one attached hydrogen (secondary N) is 3. The molecule has 0 atom stereocenters. The molecule has 9 heteroatoms. The highest BCUT2D eigenvalue weighted by atomic mass is 79.9. The molecular formula is C21H16BrFN6O. The first-order valence-electron chi connectivity index (χ1n) is 8.89. The minimum atomic E-state index is -0.471. The van der Waals surface area contributed by atoms with Crippen LogP contribution in [0.2, 0.25) is 0 Å². The van der Waals surface area contributed by atoms with Crippen molar-refractivity contribution in [3.63, 3.8) is 0 Å². The van der Waals surface area contributed by atoms with Crippen LogP contribution < -0.4 is 21.9 Å². The zero-order chi connectivity index (χ0) is 21.1. The first-order chi connectivity index (χ1) is 14.5. The number of fused-ring (bicyclic) bond motifs is 1. The fourth-order valence-electron chi connectivity index (χ4n) is 2.92. The Morgan fingerprint density at radius 1 is 1.00 bits per heavy atom. The van der Waals surface area contributed by atoms with Gasteiger partial charge in [-0.3, -0.25) is 15.6 Å². The predicted octanol–water partition coefficient (Wildman–Crippen LogP) is 4.61. The fourth-order valence-corrected chi connectivity index (χ4v) is 3.25. The molecule has 0 aliphatic heterocycles. The number of halogens is 2. The van der Waals surface area contributed by atoms with Gasteiger partial charge in [0.15, 0.2) is 11.6 Å². The lowest BCUT2D eigenvalue weighted by molar-refractivity contribution is 0.0964. The van der Waals surface area contributed by atoms with Gasteiger partial charge in [0.25, 0.3) is 5.91 Å². The molecule has 0 radical (unpaired) electrons. The topological polar surface area (TPSA) is 105 Å². The normalized spacial score (nSPS) is 10.6. The minimum absolute atomic E-state index is 0.123. The van der Waals surface area contributed by atoms with Crippen molar-refractivity contribution in [2.75, 3.05) is 16.5 Å². The first kappa shape index (κ1) is 19.6. The van der Waals surface area contributed by atoms with Gasteiger partial charge >= 0.3 is 0 Å². The van der Waals surface area contributed by atoms with Gasteiger partial charge in [0.2, 0.25) is 0 Å². The quantitative estimate of drug-likeness (QED) is 0.320. The average Bonchev–Trinajstić information content (AvgIpc) is 2.75. The molecule has 0 saturated carbocycles. The van der Waals surface area contributed by atoms with Crippen molar-refractivity contribution in [3.05, 3.63) is 82.8 Å². The molecule has 0 saturated heterocycles. The Morgan fingerprint density at radius 2 is 1.77 bits per heavy atom. The monoisotopic (exact) mass is 466 g/mol. The molecule has 1 amide bonds. The third kappa shape index (κ3) is 4.01. The van der Waals surface area contributed by atoms with Gasteiger partial charge in [-0.2, -0.15) is 0 Å². The number of benzene rings is 3. The van der Waals surface area contributed by atoms with Gasteiger partial charge in [0, 0.05) is 10.0 Å². The van der Waals surface area contributed by atoms with E-state index in [0.29, 0.717) is 10.0 Å². The maximum atomic E-state index is 14.1. The van der Waals surface area contributed by atoms with Crippen LogP contribution in [0.25, 0.3) is 10.8 Å². The molecule has 4 rings (SSSR count). The summed E-state index contributed by atoms with van der Waals surface area (Å²) in [5.41, 5.74) is 12.2. The zero-order valence-electron chi connectivity index (χ0n) is 15.5. The molecule has 0 bridgehead atoms. The molecule has 0 spiro atoms. The summed E-state index contributed by atoms with van der Waals surface area (Å²) in [5.74, 6) is -0.439. The van der Waals surface area contributed by atoms with Crippen LogP contribution in [0.3, 0.4) is 0 Å². The van der Waals surface area contributed by atoms with E-state index in [2.05, 4.69) is 42.1 Å². The zero-order valence-corrected chi connectivity index (χ0v) is 17.1. The lowest BCUT2D eigenvalue weighted by atomic mass is 10.0. The number of anilines is 4. The van der Waals surface area contributed by atoms with Gasteiger partial charge in [0.05, 0.1) is 5.69 Å². The molecule has 1 aromatic heterocycles. The highest BCUT2D eigenvalue weighted by Crippen LogP contribution is 2.28. The number of nitrogens with two attached hydrogens (primary N) is 1. The number of carbonyl (C=O) groups excluding carboxylic acids is 1. The van der Waals surface area contributed by atoms with Crippen LogP contribution in [-0.2, 0) is 0 Å². The van der Waals surface area contributed by atoms with Crippen molar-refractivity contribution in [1.82, 2.24) is 15.4 Å². The van der Waals surface area contributed by atoms with E-state index in [1.807, 2.05) is 36.4 Å². The summed E-state index contributed by atoms with van der Waals surface area (Å²) in [4.78, 5) is 20.8. The summed E-state index contributed by atoms with van der Waals surface area (Å²) in [7, 11) is 0. The molecule has 4 aromatic rings. The summed E-state index contributed by atoms with van der Waals surface area (Å²) >= 11 is 3.21. The number of hydrogen-bond donors (Lipinski definition) is 4. The lowest BCUT2D eigenvalue weighted by Crippen LogP contribution is -2.30. The van der Waals surface area contributed by atoms with Gasteiger partial charge < -0.3 is 11.1 Å².